The van der Waals surface area contributed by atoms with Crippen LogP contribution < -0.4 is 0 Å². The van der Waals surface area contributed by atoms with Crippen molar-refractivity contribution in [2.45, 2.75) is 12.5 Å². The van der Waals surface area contributed by atoms with Crippen molar-refractivity contribution >= 4 is 16.1 Å². The molecule has 6 heteroatoms. The van der Waals surface area contributed by atoms with Gasteiger partial charge in [0, 0.05) is 6.42 Å². The molecule has 1 aliphatic rings. The Kier molecular flexibility index (Phi) is 3.44. The zero-order chi connectivity index (χ0) is 12.3. The summed E-state index contributed by atoms with van der Waals surface area (Å²) in [6.07, 6.45) is -0.223. The highest BCUT2D eigenvalue weighted by Crippen LogP contribution is 2.14. The lowest BCUT2D eigenvalue weighted by Crippen LogP contribution is -2.34. The molecule has 0 spiro atoms. The van der Waals surface area contributed by atoms with Crippen LogP contribution >= 0.6 is 0 Å². The molecule has 0 saturated carbocycles. The Morgan fingerprint density at radius 3 is 2.65 bits per heavy atom. The summed E-state index contributed by atoms with van der Waals surface area (Å²) < 4.78 is 32.0. The molecule has 0 aliphatic carbocycles. The number of rotatable bonds is 2. The van der Waals surface area contributed by atoms with E-state index < -0.39 is 22.2 Å². The molecule has 0 aromatic heterocycles. The highest BCUT2D eigenvalue weighted by atomic mass is 32.2. The molecule has 17 heavy (non-hydrogen) atoms. The van der Waals surface area contributed by atoms with Gasteiger partial charge in [0.2, 0.25) is 0 Å². The second kappa shape index (κ2) is 4.85. The predicted molar refractivity (Wildman–Crippen MR) is 60.0 cm³/mol. The molecule has 0 radical (unpaired) electrons. The van der Waals surface area contributed by atoms with E-state index in [1.54, 1.807) is 30.3 Å². The number of carbonyl (C=O) groups is 1. The Morgan fingerprint density at radius 1 is 1.29 bits per heavy atom. The predicted octanol–water partition coefficient (Wildman–Crippen LogP) is 0.962. The Hall–Kier alpha value is -1.40. The molecule has 1 fully saturated rings. The maximum Gasteiger partial charge on any atom is 0.338 e. The van der Waals surface area contributed by atoms with E-state index in [4.69, 9.17) is 4.74 Å². The minimum absolute atomic E-state index is 0.0646. The standard InChI is InChI=1S/C11H12O5S/c12-11(9-4-2-1-3-5-9)16-10-6-7-15-17(13,14)8-10/h1-5,10H,6-8H2. The van der Waals surface area contributed by atoms with Gasteiger partial charge in [-0.25, -0.2) is 4.79 Å². The van der Waals surface area contributed by atoms with Crippen LogP contribution in [-0.4, -0.2) is 32.9 Å². The molecule has 1 aliphatic heterocycles. The van der Waals surface area contributed by atoms with Gasteiger partial charge in [0.25, 0.3) is 10.1 Å². The average molecular weight is 256 g/mol. The zero-order valence-corrected chi connectivity index (χ0v) is 9.85. The first kappa shape index (κ1) is 12.1. The SMILES string of the molecule is O=C(OC1CCOS(=O)(=O)C1)c1ccccc1. The minimum Gasteiger partial charge on any atom is -0.458 e. The fourth-order valence-corrected chi connectivity index (χ4v) is 2.69. The average Bonchev–Trinajstić information content (AvgIpc) is 2.29. The van der Waals surface area contributed by atoms with Crippen LogP contribution in [0.4, 0.5) is 0 Å². The Labute approximate surface area is 99.5 Å². The third-order valence-electron chi connectivity index (χ3n) is 2.38. The van der Waals surface area contributed by atoms with Crippen molar-refractivity contribution in [2.75, 3.05) is 12.4 Å². The Bertz CT molecular complexity index is 494. The van der Waals surface area contributed by atoms with Crippen molar-refractivity contribution in [2.24, 2.45) is 0 Å². The first-order valence-corrected chi connectivity index (χ1v) is 6.78. The topological polar surface area (TPSA) is 69.7 Å². The van der Waals surface area contributed by atoms with E-state index in [-0.39, 0.29) is 12.4 Å². The van der Waals surface area contributed by atoms with E-state index in [2.05, 4.69) is 4.18 Å². The van der Waals surface area contributed by atoms with Gasteiger partial charge >= 0.3 is 5.97 Å². The summed E-state index contributed by atoms with van der Waals surface area (Å²) in [5, 5.41) is 0. The summed E-state index contributed by atoms with van der Waals surface area (Å²) >= 11 is 0. The van der Waals surface area contributed by atoms with Gasteiger partial charge in [-0.15, -0.1) is 0 Å². The van der Waals surface area contributed by atoms with Crippen molar-refractivity contribution in [3.05, 3.63) is 35.9 Å². The summed E-state index contributed by atoms with van der Waals surface area (Å²) in [4.78, 5) is 11.7. The molecule has 0 amide bonds. The molecule has 1 saturated heterocycles. The van der Waals surface area contributed by atoms with Crippen molar-refractivity contribution < 1.29 is 22.1 Å². The monoisotopic (exact) mass is 256 g/mol. The number of ether oxygens (including phenoxy) is 1. The van der Waals surface area contributed by atoms with E-state index in [0.717, 1.165) is 0 Å². The van der Waals surface area contributed by atoms with Crippen LogP contribution in [0.3, 0.4) is 0 Å². The number of carbonyl (C=O) groups excluding carboxylic acids is 1. The third kappa shape index (κ3) is 3.28. The number of benzene rings is 1. The van der Waals surface area contributed by atoms with Gasteiger partial charge in [0.05, 0.1) is 12.2 Å². The first-order chi connectivity index (χ1) is 8.07. The molecular weight excluding hydrogens is 244 g/mol. The van der Waals surface area contributed by atoms with E-state index in [1.807, 2.05) is 0 Å². The van der Waals surface area contributed by atoms with Gasteiger partial charge < -0.3 is 4.74 Å². The Morgan fingerprint density at radius 2 is 2.00 bits per heavy atom. The van der Waals surface area contributed by atoms with Gasteiger partial charge in [-0.3, -0.25) is 4.18 Å². The smallest absolute Gasteiger partial charge is 0.338 e. The Balaban J connectivity index is 2.00. The van der Waals surface area contributed by atoms with Crippen LogP contribution in [0.2, 0.25) is 0 Å². The van der Waals surface area contributed by atoms with Gasteiger partial charge in [0.15, 0.2) is 0 Å². The van der Waals surface area contributed by atoms with E-state index >= 15 is 0 Å². The highest BCUT2D eigenvalue weighted by Gasteiger charge is 2.28. The normalized spacial score (nSPS) is 22.9. The summed E-state index contributed by atoms with van der Waals surface area (Å²) in [5.74, 6) is -0.779. The van der Waals surface area contributed by atoms with Crippen LogP contribution in [0.5, 0.6) is 0 Å². The second-order valence-corrected chi connectivity index (χ2v) is 5.41. The van der Waals surface area contributed by atoms with E-state index in [1.165, 1.54) is 0 Å². The van der Waals surface area contributed by atoms with Gasteiger partial charge in [-0.1, -0.05) is 18.2 Å². The maximum absolute atomic E-state index is 11.7. The lowest BCUT2D eigenvalue weighted by Gasteiger charge is -2.21. The molecule has 0 N–H and O–H groups in total. The van der Waals surface area contributed by atoms with Crippen LogP contribution in [0.15, 0.2) is 30.3 Å². The van der Waals surface area contributed by atoms with Crippen molar-refractivity contribution in [3.63, 3.8) is 0 Å². The van der Waals surface area contributed by atoms with Gasteiger partial charge in [-0.2, -0.15) is 8.42 Å². The molecule has 1 heterocycles. The third-order valence-corrected chi connectivity index (χ3v) is 3.68. The van der Waals surface area contributed by atoms with Crippen LogP contribution in [-0.2, 0) is 19.0 Å². The number of hydrogen-bond acceptors (Lipinski definition) is 5. The first-order valence-electron chi connectivity index (χ1n) is 5.20. The molecule has 1 unspecified atom stereocenters. The lowest BCUT2D eigenvalue weighted by molar-refractivity contribution is 0.0270. The van der Waals surface area contributed by atoms with Crippen LogP contribution in [0, 0.1) is 0 Å². The molecular formula is C11H12O5S. The quantitative estimate of drug-likeness (QED) is 0.582. The van der Waals surface area contributed by atoms with Crippen molar-refractivity contribution in [1.29, 1.82) is 0 Å². The molecule has 1 atom stereocenters. The lowest BCUT2D eigenvalue weighted by atomic mass is 10.2. The molecule has 1 aromatic carbocycles. The molecule has 5 nitrogen and oxygen atoms in total. The number of esters is 1. The maximum atomic E-state index is 11.7. The molecule has 92 valence electrons. The van der Waals surface area contributed by atoms with Crippen molar-refractivity contribution in [3.8, 4) is 0 Å². The summed E-state index contributed by atoms with van der Waals surface area (Å²) in [7, 11) is -3.54. The van der Waals surface area contributed by atoms with E-state index in [9.17, 15) is 13.2 Å². The molecule has 0 bridgehead atoms. The fourth-order valence-electron chi connectivity index (χ4n) is 1.55. The van der Waals surface area contributed by atoms with Crippen LogP contribution in [0.25, 0.3) is 0 Å². The molecule has 1 aromatic rings. The molecule has 2 rings (SSSR count). The van der Waals surface area contributed by atoms with Gasteiger partial charge in [-0.05, 0) is 12.1 Å². The van der Waals surface area contributed by atoms with Crippen LogP contribution in [0.1, 0.15) is 16.8 Å². The fraction of sp³-hybridized carbons (Fsp3) is 0.364. The largest absolute Gasteiger partial charge is 0.458 e. The second-order valence-electron chi connectivity index (χ2n) is 3.73. The minimum atomic E-state index is -3.54. The summed E-state index contributed by atoms with van der Waals surface area (Å²) in [6, 6.07) is 8.47. The van der Waals surface area contributed by atoms with Crippen molar-refractivity contribution in [1.82, 2.24) is 0 Å². The zero-order valence-electron chi connectivity index (χ0n) is 9.03. The summed E-state index contributed by atoms with van der Waals surface area (Å²) in [6.45, 7) is 0.0646. The van der Waals surface area contributed by atoms with E-state index in [0.29, 0.717) is 12.0 Å². The highest BCUT2D eigenvalue weighted by molar-refractivity contribution is 7.86. The number of hydrogen-bond donors (Lipinski definition) is 0. The summed E-state index contributed by atoms with van der Waals surface area (Å²) in [5.41, 5.74) is 0.413. The van der Waals surface area contributed by atoms with Gasteiger partial charge in [0.1, 0.15) is 11.9 Å².